The third-order valence-electron chi connectivity index (χ3n) is 5.71. The summed E-state index contributed by atoms with van der Waals surface area (Å²) >= 11 is 0. The topological polar surface area (TPSA) is 26.0 Å². The molecule has 0 radical (unpaired) electrons. The Morgan fingerprint density at radius 1 is 0.400 bits per heavy atom. The smallest absolute Gasteiger partial charge is 0.0247 e. The maximum Gasteiger partial charge on any atom is 0.0247 e. The van der Waals surface area contributed by atoms with E-state index in [0.29, 0.717) is 0 Å². The van der Waals surface area contributed by atoms with E-state index in [-0.39, 0.29) is 32.6 Å². The van der Waals surface area contributed by atoms with Gasteiger partial charge in [0.25, 0.3) is 0 Å². The Balaban J connectivity index is 6.83. The normalized spacial score (nSPS) is 18.9. The van der Waals surface area contributed by atoms with Gasteiger partial charge in [-0.2, -0.15) is 0 Å². The van der Waals surface area contributed by atoms with Crippen molar-refractivity contribution in [3.05, 3.63) is 0 Å². The first-order chi connectivity index (χ1) is 8.25. The number of rotatable bonds is 1. The highest BCUT2D eigenvalue weighted by Crippen LogP contribution is 2.68. The molecular weight excluding hydrogens is 242 g/mol. The van der Waals surface area contributed by atoms with Gasteiger partial charge in [-0.05, 0) is 28.6 Å². The van der Waals surface area contributed by atoms with Crippen LogP contribution in [0.1, 0.15) is 90.0 Å². The molecule has 0 aliphatic heterocycles. The van der Waals surface area contributed by atoms with Crippen LogP contribution in [0.15, 0.2) is 0 Å². The van der Waals surface area contributed by atoms with Gasteiger partial charge in [-0.25, -0.2) is 0 Å². The molecule has 0 rings (SSSR count). The Morgan fingerprint density at radius 2 is 0.600 bits per heavy atom. The van der Waals surface area contributed by atoms with E-state index in [4.69, 9.17) is 5.73 Å². The average molecular weight is 284 g/mol. The van der Waals surface area contributed by atoms with E-state index in [2.05, 4.69) is 90.0 Å². The van der Waals surface area contributed by atoms with Crippen LogP contribution in [0.2, 0.25) is 0 Å². The summed E-state index contributed by atoms with van der Waals surface area (Å²) in [5.74, 6) is 0. The lowest BCUT2D eigenvalue weighted by Crippen LogP contribution is -2.74. The largest absolute Gasteiger partial charge is 0.324 e. The Hall–Kier alpha value is -0.0400. The van der Waals surface area contributed by atoms with Gasteiger partial charge in [0.05, 0.1) is 0 Å². The van der Waals surface area contributed by atoms with Crippen LogP contribution in [0.3, 0.4) is 0 Å². The quantitative estimate of drug-likeness (QED) is 0.639. The molecule has 0 fully saturated rings. The van der Waals surface area contributed by atoms with Crippen molar-refractivity contribution in [3.8, 4) is 0 Å². The highest BCUT2D eigenvalue weighted by molar-refractivity contribution is 5.19. The van der Waals surface area contributed by atoms with Gasteiger partial charge >= 0.3 is 0 Å². The number of nitrogens with two attached hydrogens (primary N) is 1. The molecule has 0 aromatic heterocycles. The molecule has 0 saturated heterocycles. The molecule has 0 heterocycles. The first kappa shape index (κ1) is 20.0. The van der Waals surface area contributed by atoms with Crippen LogP contribution in [0.5, 0.6) is 0 Å². The zero-order valence-electron chi connectivity index (χ0n) is 16.6. The van der Waals surface area contributed by atoms with Gasteiger partial charge in [-0.15, -0.1) is 0 Å². The molecule has 1 heteroatoms. The van der Waals surface area contributed by atoms with Crippen LogP contribution in [-0.2, 0) is 0 Å². The van der Waals surface area contributed by atoms with Crippen molar-refractivity contribution < 1.29 is 0 Å². The highest BCUT2D eigenvalue weighted by atomic mass is 14.9. The van der Waals surface area contributed by atoms with Gasteiger partial charge in [-0.1, -0.05) is 83.1 Å². The lowest BCUT2D eigenvalue weighted by molar-refractivity contribution is -0.199. The van der Waals surface area contributed by atoms with Crippen LogP contribution in [0.25, 0.3) is 0 Å². The van der Waals surface area contributed by atoms with Gasteiger partial charge in [0.2, 0.25) is 0 Å². The third kappa shape index (κ3) is 2.56. The maximum absolute atomic E-state index is 7.13. The molecule has 0 amide bonds. The van der Waals surface area contributed by atoms with Crippen LogP contribution in [0, 0.1) is 27.1 Å². The zero-order chi connectivity index (χ0) is 17.0. The third-order valence-corrected chi connectivity index (χ3v) is 5.71. The molecule has 1 atom stereocenters. The van der Waals surface area contributed by atoms with E-state index in [1.54, 1.807) is 0 Å². The van der Waals surface area contributed by atoms with Gasteiger partial charge < -0.3 is 5.73 Å². The lowest BCUT2D eigenvalue weighted by Gasteiger charge is -2.71. The predicted molar refractivity (Wildman–Crippen MR) is 92.8 cm³/mol. The van der Waals surface area contributed by atoms with E-state index >= 15 is 0 Å². The van der Waals surface area contributed by atoms with Crippen molar-refractivity contribution in [3.63, 3.8) is 0 Å². The second-order valence-corrected chi connectivity index (χ2v) is 11.0. The minimum Gasteiger partial charge on any atom is -0.324 e. The molecular formula is C19H41N. The van der Waals surface area contributed by atoms with Crippen molar-refractivity contribution in [2.24, 2.45) is 32.8 Å². The van der Waals surface area contributed by atoms with Gasteiger partial charge in [-0.3, -0.25) is 0 Å². The summed E-state index contributed by atoms with van der Waals surface area (Å²) in [5.41, 5.74) is 7.13. The summed E-state index contributed by atoms with van der Waals surface area (Å²) in [6.45, 7) is 30.4. The van der Waals surface area contributed by atoms with Gasteiger partial charge in [0.15, 0.2) is 0 Å². The van der Waals surface area contributed by atoms with E-state index < -0.39 is 0 Å². The van der Waals surface area contributed by atoms with E-state index in [0.717, 1.165) is 0 Å². The standard InChI is InChI=1S/C19H41N/c1-14(2,3)18(13,20)19(15(4,5)6,16(7,8)9)17(10,11)12/h20H2,1-13H3. The average Bonchev–Trinajstić information content (AvgIpc) is 1.89. The summed E-state index contributed by atoms with van der Waals surface area (Å²) in [6.07, 6.45) is 0. The fourth-order valence-electron chi connectivity index (χ4n) is 6.27. The molecule has 0 aromatic rings. The van der Waals surface area contributed by atoms with E-state index in [1.165, 1.54) is 0 Å². The Morgan fingerprint density at radius 3 is 0.650 bits per heavy atom. The number of hydrogen-bond acceptors (Lipinski definition) is 1. The van der Waals surface area contributed by atoms with Crippen molar-refractivity contribution in [1.82, 2.24) is 0 Å². The summed E-state index contributed by atoms with van der Waals surface area (Å²) in [7, 11) is 0. The van der Waals surface area contributed by atoms with Crippen LogP contribution in [-0.4, -0.2) is 5.54 Å². The fraction of sp³-hybridized carbons (Fsp3) is 1.00. The first-order valence-corrected chi connectivity index (χ1v) is 8.04. The first-order valence-electron chi connectivity index (χ1n) is 8.04. The Bertz CT molecular complexity index is 298. The van der Waals surface area contributed by atoms with Crippen molar-refractivity contribution in [1.29, 1.82) is 0 Å². The van der Waals surface area contributed by atoms with Crippen molar-refractivity contribution in [2.75, 3.05) is 0 Å². The fourth-order valence-corrected chi connectivity index (χ4v) is 6.27. The zero-order valence-corrected chi connectivity index (χ0v) is 16.6. The molecule has 1 nitrogen and oxygen atoms in total. The SMILES string of the molecule is CC(C)(C)C(C)(N)C(C(C)(C)C)(C(C)(C)C)C(C)(C)C. The molecule has 20 heavy (non-hydrogen) atoms. The van der Waals surface area contributed by atoms with Crippen LogP contribution < -0.4 is 5.73 Å². The second kappa shape index (κ2) is 4.73. The summed E-state index contributed by atoms with van der Waals surface area (Å²) in [6, 6.07) is 0. The maximum atomic E-state index is 7.13. The lowest BCUT2D eigenvalue weighted by atomic mass is 9.35. The molecule has 0 bridgehead atoms. The molecule has 0 aliphatic carbocycles. The monoisotopic (exact) mass is 283 g/mol. The predicted octanol–water partition coefficient (Wildman–Crippen LogP) is 5.87. The molecule has 0 aromatic carbocycles. The van der Waals surface area contributed by atoms with Gasteiger partial charge in [0.1, 0.15) is 0 Å². The summed E-state index contributed by atoms with van der Waals surface area (Å²) < 4.78 is 0. The van der Waals surface area contributed by atoms with Crippen LogP contribution in [0.4, 0.5) is 0 Å². The summed E-state index contributed by atoms with van der Waals surface area (Å²) in [4.78, 5) is 0. The van der Waals surface area contributed by atoms with E-state index in [1.807, 2.05) is 0 Å². The Kier molecular flexibility index (Phi) is 4.72. The minimum absolute atomic E-state index is 0.0286. The van der Waals surface area contributed by atoms with Gasteiger partial charge in [0, 0.05) is 11.0 Å². The molecule has 0 saturated carbocycles. The van der Waals surface area contributed by atoms with Crippen molar-refractivity contribution in [2.45, 2.75) is 95.5 Å². The molecule has 0 aliphatic rings. The second-order valence-electron chi connectivity index (χ2n) is 11.0. The summed E-state index contributed by atoms with van der Waals surface area (Å²) in [5, 5.41) is 0. The van der Waals surface area contributed by atoms with Crippen molar-refractivity contribution >= 4 is 0 Å². The molecule has 122 valence electrons. The molecule has 2 N–H and O–H groups in total. The Labute approximate surface area is 129 Å². The number of hydrogen-bond donors (Lipinski definition) is 1. The van der Waals surface area contributed by atoms with E-state index in [9.17, 15) is 0 Å². The molecule has 0 spiro atoms. The highest BCUT2D eigenvalue weighted by Gasteiger charge is 2.67. The minimum atomic E-state index is -0.297. The molecule has 1 unspecified atom stereocenters. The van der Waals surface area contributed by atoms with Crippen LogP contribution >= 0.6 is 0 Å².